The van der Waals surface area contributed by atoms with Crippen molar-refractivity contribution in [2.45, 2.75) is 34.6 Å². The predicted octanol–water partition coefficient (Wildman–Crippen LogP) is 1.95. The lowest BCUT2D eigenvalue weighted by molar-refractivity contribution is -0.117. The van der Waals surface area contributed by atoms with E-state index in [0.717, 1.165) is 25.2 Å². The minimum Gasteiger partial charge on any atom is -0.352 e. The Morgan fingerprint density at radius 2 is 1.76 bits per heavy atom. The molecule has 1 aliphatic heterocycles. The van der Waals surface area contributed by atoms with Crippen molar-refractivity contribution >= 4 is 5.91 Å². The van der Waals surface area contributed by atoms with E-state index < -0.39 is 0 Å². The first-order chi connectivity index (χ1) is 7.93. The maximum Gasteiger partial charge on any atom is 0.246 e. The largest absolute Gasteiger partial charge is 0.352 e. The molecule has 1 aliphatic rings. The van der Waals surface area contributed by atoms with Gasteiger partial charge in [-0.2, -0.15) is 0 Å². The molecule has 0 atom stereocenters. The van der Waals surface area contributed by atoms with Gasteiger partial charge in [0.05, 0.1) is 0 Å². The molecule has 0 unspecified atom stereocenters. The minimum absolute atomic E-state index is 0.104. The first-order valence-corrected chi connectivity index (χ1v) is 6.61. The smallest absolute Gasteiger partial charge is 0.246 e. The number of rotatable bonds is 5. The van der Waals surface area contributed by atoms with Gasteiger partial charge in [-0.25, -0.2) is 0 Å². The summed E-state index contributed by atoms with van der Waals surface area (Å²) in [7, 11) is 0. The summed E-state index contributed by atoms with van der Waals surface area (Å²) in [5.41, 5.74) is 2.14. The molecular weight excluding hydrogens is 212 g/mol. The molecule has 1 rings (SSSR count). The third-order valence-corrected chi connectivity index (χ3v) is 3.76. The molecule has 0 radical (unpaired) electrons. The van der Waals surface area contributed by atoms with E-state index >= 15 is 0 Å². The lowest BCUT2D eigenvalue weighted by Gasteiger charge is -2.26. The van der Waals surface area contributed by atoms with Gasteiger partial charge in [-0.05, 0) is 30.3 Å². The molecule has 0 aliphatic carbocycles. The van der Waals surface area contributed by atoms with E-state index in [1.54, 1.807) is 0 Å². The van der Waals surface area contributed by atoms with Crippen molar-refractivity contribution in [3.8, 4) is 0 Å². The molecule has 3 nitrogen and oxygen atoms in total. The van der Waals surface area contributed by atoms with Gasteiger partial charge < -0.3 is 10.6 Å². The molecule has 0 bridgehead atoms. The second-order valence-corrected chi connectivity index (χ2v) is 5.69. The Labute approximate surface area is 105 Å². The number of hydrogen-bond acceptors (Lipinski definition) is 2. The van der Waals surface area contributed by atoms with E-state index in [2.05, 4.69) is 38.3 Å². The predicted molar refractivity (Wildman–Crippen MR) is 71.7 cm³/mol. The number of carbonyl (C=O) groups excluding carboxylic acids is 1. The Kier molecular flexibility index (Phi) is 5.19. The van der Waals surface area contributed by atoms with Crippen LogP contribution in [0.3, 0.4) is 0 Å². The third kappa shape index (κ3) is 3.84. The van der Waals surface area contributed by atoms with E-state index in [0.29, 0.717) is 17.8 Å². The number of hydrogen-bond donors (Lipinski definition) is 2. The van der Waals surface area contributed by atoms with Crippen LogP contribution < -0.4 is 10.6 Å². The van der Waals surface area contributed by atoms with Crippen molar-refractivity contribution in [3.63, 3.8) is 0 Å². The van der Waals surface area contributed by atoms with Crippen molar-refractivity contribution in [1.29, 1.82) is 0 Å². The fourth-order valence-electron chi connectivity index (χ4n) is 2.26. The molecule has 0 aromatic heterocycles. The molecule has 3 heteroatoms. The molecule has 1 heterocycles. The van der Waals surface area contributed by atoms with Crippen LogP contribution in [0.25, 0.3) is 0 Å². The average molecular weight is 238 g/mol. The van der Waals surface area contributed by atoms with Gasteiger partial charge in [-0.3, -0.25) is 4.79 Å². The highest BCUT2D eigenvalue weighted by atomic mass is 16.1. The summed E-state index contributed by atoms with van der Waals surface area (Å²) in [6, 6.07) is 0. The summed E-state index contributed by atoms with van der Waals surface area (Å²) in [5, 5.41) is 6.23. The number of carbonyl (C=O) groups is 1. The maximum atomic E-state index is 11.9. The van der Waals surface area contributed by atoms with Gasteiger partial charge in [-0.1, -0.05) is 27.7 Å². The average Bonchev–Trinajstić information content (AvgIpc) is 2.13. The molecule has 0 aromatic carbocycles. The number of nitrogens with one attached hydrogen (secondary N) is 2. The van der Waals surface area contributed by atoms with Crippen molar-refractivity contribution in [3.05, 3.63) is 11.1 Å². The van der Waals surface area contributed by atoms with Crippen LogP contribution in [0.5, 0.6) is 0 Å². The van der Waals surface area contributed by atoms with Gasteiger partial charge >= 0.3 is 0 Å². The summed E-state index contributed by atoms with van der Waals surface area (Å²) in [6.07, 6.45) is 0. The van der Waals surface area contributed by atoms with Crippen molar-refractivity contribution < 1.29 is 4.79 Å². The fraction of sp³-hybridized carbons (Fsp3) is 0.786. The van der Waals surface area contributed by atoms with E-state index in [1.165, 1.54) is 5.57 Å². The molecule has 1 saturated heterocycles. The van der Waals surface area contributed by atoms with Crippen LogP contribution in [-0.4, -0.2) is 25.5 Å². The Morgan fingerprint density at radius 3 is 2.12 bits per heavy atom. The normalized spacial score (nSPS) is 15.4. The van der Waals surface area contributed by atoms with Crippen molar-refractivity contribution in [1.82, 2.24) is 10.6 Å². The zero-order chi connectivity index (χ0) is 13.0. The van der Waals surface area contributed by atoms with Crippen LogP contribution in [0.4, 0.5) is 0 Å². The molecule has 0 saturated carbocycles. The fourth-order valence-corrected chi connectivity index (χ4v) is 2.26. The van der Waals surface area contributed by atoms with Crippen LogP contribution in [0.1, 0.15) is 34.6 Å². The standard InChI is InChI=1S/C14H26N2O/c1-9(2)13(10(3)4)8-16-14(17)11(5)12-6-15-7-12/h9-10,13,15H,6-8H2,1-5H3,(H,16,17). The Balaban J connectivity index is 2.46. The van der Waals surface area contributed by atoms with Crippen molar-refractivity contribution in [2.24, 2.45) is 17.8 Å². The first-order valence-electron chi connectivity index (χ1n) is 6.61. The number of amides is 1. The molecular formula is C14H26N2O. The van der Waals surface area contributed by atoms with E-state index in [1.807, 2.05) is 6.92 Å². The highest BCUT2D eigenvalue weighted by Gasteiger charge is 2.20. The zero-order valence-corrected chi connectivity index (χ0v) is 11.8. The van der Waals surface area contributed by atoms with E-state index in [-0.39, 0.29) is 5.91 Å². The van der Waals surface area contributed by atoms with Crippen LogP contribution in [0, 0.1) is 17.8 Å². The van der Waals surface area contributed by atoms with Gasteiger partial charge in [0.2, 0.25) is 5.91 Å². The summed E-state index contributed by atoms with van der Waals surface area (Å²) in [6.45, 7) is 13.3. The van der Waals surface area contributed by atoms with Gasteiger partial charge in [0.1, 0.15) is 0 Å². The highest BCUT2D eigenvalue weighted by Crippen LogP contribution is 2.19. The molecule has 98 valence electrons. The highest BCUT2D eigenvalue weighted by molar-refractivity contribution is 5.93. The lowest BCUT2D eigenvalue weighted by Crippen LogP contribution is -2.39. The molecule has 0 aromatic rings. The van der Waals surface area contributed by atoms with Crippen LogP contribution >= 0.6 is 0 Å². The van der Waals surface area contributed by atoms with Crippen LogP contribution in [0.15, 0.2) is 11.1 Å². The summed E-state index contributed by atoms with van der Waals surface area (Å²) < 4.78 is 0. The molecule has 17 heavy (non-hydrogen) atoms. The Morgan fingerprint density at radius 1 is 1.24 bits per heavy atom. The zero-order valence-electron chi connectivity index (χ0n) is 11.8. The summed E-state index contributed by atoms with van der Waals surface area (Å²) >= 11 is 0. The van der Waals surface area contributed by atoms with Gasteiger partial charge in [0.15, 0.2) is 0 Å². The van der Waals surface area contributed by atoms with Crippen molar-refractivity contribution in [2.75, 3.05) is 19.6 Å². The van der Waals surface area contributed by atoms with Crippen LogP contribution in [0.2, 0.25) is 0 Å². The first kappa shape index (κ1) is 14.2. The monoisotopic (exact) mass is 238 g/mol. The van der Waals surface area contributed by atoms with Crippen LogP contribution in [-0.2, 0) is 4.79 Å². The quantitative estimate of drug-likeness (QED) is 0.719. The van der Waals surface area contributed by atoms with Gasteiger partial charge in [0.25, 0.3) is 0 Å². The van der Waals surface area contributed by atoms with Gasteiger partial charge in [-0.15, -0.1) is 0 Å². The van der Waals surface area contributed by atoms with Gasteiger partial charge in [0, 0.05) is 25.2 Å². The molecule has 2 N–H and O–H groups in total. The second kappa shape index (κ2) is 6.20. The molecule has 1 fully saturated rings. The van der Waals surface area contributed by atoms with E-state index in [9.17, 15) is 4.79 Å². The summed E-state index contributed by atoms with van der Waals surface area (Å²) in [4.78, 5) is 11.9. The Hall–Kier alpha value is -0.830. The maximum absolute atomic E-state index is 11.9. The lowest BCUT2D eigenvalue weighted by atomic mass is 9.85. The minimum atomic E-state index is 0.104. The molecule has 0 spiro atoms. The summed E-state index contributed by atoms with van der Waals surface area (Å²) in [5.74, 6) is 1.87. The molecule has 1 amide bonds. The third-order valence-electron chi connectivity index (χ3n) is 3.76. The Bertz CT molecular complexity index is 291. The SMILES string of the molecule is CC(C(=O)NCC(C(C)C)C(C)C)=C1CNC1. The second-order valence-electron chi connectivity index (χ2n) is 5.69. The van der Waals surface area contributed by atoms with E-state index in [4.69, 9.17) is 0 Å². The topological polar surface area (TPSA) is 41.1 Å².